The number of benzene rings is 2. The van der Waals surface area contributed by atoms with Gasteiger partial charge in [0.25, 0.3) is 10.0 Å². The fourth-order valence-electron chi connectivity index (χ4n) is 1.97. The lowest BCUT2D eigenvalue weighted by atomic mass is 10.1. The molecule has 2 aromatic carbocycles. The standard InChI is InChI=1S/C15H13BrN2O2S/c1-10-7-13(16)8-11(2)15(10)18-21(19,20)14-5-3-12(9-17)4-6-14/h3-8,18H,1-2H3. The molecule has 4 nitrogen and oxygen atoms in total. The van der Waals surface area contributed by atoms with Gasteiger partial charge >= 0.3 is 0 Å². The number of hydrogen-bond donors (Lipinski definition) is 1. The average Bonchev–Trinajstić information content (AvgIpc) is 2.43. The van der Waals surface area contributed by atoms with Crippen molar-refractivity contribution in [3.8, 4) is 6.07 Å². The molecule has 1 N–H and O–H groups in total. The lowest BCUT2D eigenvalue weighted by Gasteiger charge is -2.14. The number of hydrogen-bond acceptors (Lipinski definition) is 3. The third kappa shape index (κ3) is 3.43. The van der Waals surface area contributed by atoms with Crippen molar-refractivity contribution < 1.29 is 8.42 Å². The maximum atomic E-state index is 12.4. The van der Waals surface area contributed by atoms with Crippen molar-refractivity contribution in [1.29, 1.82) is 5.26 Å². The molecule has 0 saturated heterocycles. The number of halogens is 1. The van der Waals surface area contributed by atoms with E-state index in [2.05, 4.69) is 20.7 Å². The second-order valence-electron chi connectivity index (χ2n) is 4.66. The number of anilines is 1. The van der Waals surface area contributed by atoms with E-state index in [1.165, 1.54) is 24.3 Å². The van der Waals surface area contributed by atoms with Crippen molar-refractivity contribution in [3.63, 3.8) is 0 Å². The van der Waals surface area contributed by atoms with E-state index in [4.69, 9.17) is 5.26 Å². The highest BCUT2D eigenvalue weighted by atomic mass is 79.9. The predicted octanol–water partition coefficient (Wildman–Crippen LogP) is 3.74. The van der Waals surface area contributed by atoms with Crippen LogP contribution in [-0.2, 0) is 10.0 Å². The first-order valence-corrected chi connectivity index (χ1v) is 8.41. The van der Waals surface area contributed by atoms with Crippen LogP contribution in [0.5, 0.6) is 0 Å². The van der Waals surface area contributed by atoms with Gasteiger partial charge in [0.2, 0.25) is 0 Å². The van der Waals surface area contributed by atoms with Gasteiger partial charge in [-0.15, -0.1) is 0 Å². The van der Waals surface area contributed by atoms with E-state index in [1.807, 2.05) is 32.0 Å². The summed E-state index contributed by atoms with van der Waals surface area (Å²) in [6.45, 7) is 3.68. The minimum absolute atomic E-state index is 0.128. The Morgan fingerprint density at radius 1 is 1.10 bits per heavy atom. The number of nitrogens with zero attached hydrogens (tertiary/aromatic N) is 1. The highest BCUT2D eigenvalue weighted by Gasteiger charge is 2.16. The van der Waals surface area contributed by atoms with Crippen LogP contribution in [0.2, 0.25) is 0 Å². The van der Waals surface area contributed by atoms with Gasteiger partial charge in [-0.25, -0.2) is 8.42 Å². The lowest BCUT2D eigenvalue weighted by Crippen LogP contribution is -2.14. The zero-order valence-corrected chi connectivity index (χ0v) is 13.9. The van der Waals surface area contributed by atoms with Gasteiger partial charge in [0.05, 0.1) is 22.2 Å². The molecule has 0 amide bonds. The van der Waals surface area contributed by atoms with Gasteiger partial charge < -0.3 is 0 Å². The monoisotopic (exact) mass is 364 g/mol. The molecule has 0 aliphatic carbocycles. The first kappa shape index (κ1) is 15.5. The number of nitriles is 1. The Labute approximate surface area is 132 Å². The Morgan fingerprint density at radius 3 is 2.10 bits per heavy atom. The average molecular weight is 365 g/mol. The van der Waals surface area contributed by atoms with Crippen LogP contribution in [0.25, 0.3) is 0 Å². The van der Waals surface area contributed by atoms with Crippen LogP contribution in [0.4, 0.5) is 5.69 Å². The van der Waals surface area contributed by atoms with Gasteiger partial charge in [0, 0.05) is 4.47 Å². The molecule has 0 radical (unpaired) electrons. The first-order valence-electron chi connectivity index (χ1n) is 6.13. The van der Waals surface area contributed by atoms with E-state index in [1.54, 1.807) is 0 Å². The summed E-state index contributed by atoms with van der Waals surface area (Å²) in [4.78, 5) is 0.128. The topological polar surface area (TPSA) is 70.0 Å². The molecule has 108 valence electrons. The second-order valence-corrected chi connectivity index (χ2v) is 7.25. The van der Waals surface area contributed by atoms with E-state index >= 15 is 0 Å². The second kappa shape index (κ2) is 5.88. The smallest absolute Gasteiger partial charge is 0.261 e. The molecule has 0 spiro atoms. The van der Waals surface area contributed by atoms with Gasteiger partial charge in [0.15, 0.2) is 0 Å². The van der Waals surface area contributed by atoms with Crippen molar-refractivity contribution in [1.82, 2.24) is 0 Å². The highest BCUT2D eigenvalue weighted by molar-refractivity contribution is 9.10. The zero-order chi connectivity index (χ0) is 15.6. The predicted molar refractivity (Wildman–Crippen MR) is 85.6 cm³/mol. The van der Waals surface area contributed by atoms with Crippen molar-refractivity contribution in [2.24, 2.45) is 0 Å². The Morgan fingerprint density at radius 2 is 1.62 bits per heavy atom. The molecule has 0 aliphatic rings. The summed E-state index contributed by atoms with van der Waals surface area (Å²) in [6.07, 6.45) is 0. The molecule has 0 saturated carbocycles. The Kier molecular flexibility index (Phi) is 4.35. The van der Waals surface area contributed by atoms with Crippen molar-refractivity contribution in [2.75, 3.05) is 4.72 Å². The zero-order valence-electron chi connectivity index (χ0n) is 11.5. The molecule has 2 aromatic rings. The molecular weight excluding hydrogens is 352 g/mol. The van der Waals surface area contributed by atoms with Crippen LogP contribution >= 0.6 is 15.9 Å². The van der Waals surface area contributed by atoms with Gasteiger partial charge in [-0.05, 0) is 61.4 Å². The Bertz CT molecular complexity index is 799. The summed E-state index contributed by atoms with van der Waals surface area (Å²) < 4.78 is 28.3. The molecule has 2 rings (SSSR count). The summed E-state index contributed by atoms with van der Waals surface area (Å²) in [6, 6.07) is 11.5. The van der Waals surface area contributed by atoms with Crippen molar-refractivity contribution >= 4 is 31.6 Å². The number of nitrogens with one attached hydrogen (secondary N) is 1. The van der Waals surface area contributed by atoms with E-state index in [0.717, 1.165) is 15.6 Å². The summed E-state index contributed by atoms with van der Waals surface area (Å²) in [5.41, 5.74) is 2.66. The maximum absolute atomic E-state index is 12.4. The molecule has 21 heavy (non-hydrogen) atoms. The van der Waals surface area contributed by atoms with Crippen LogP contribution in [0, 0.1) is 25.2 Å². The SMILES string of the molecule is Cc1cc(Br)cc(C)c1NS(=O)(=O)c1ccc(C#N)cc1. The molecule has 0 fully saturated rings. The molecule has 0 heterocycles. The van der Waals surface area contributed by atoms with Crippen LogP contribution in [0.3, 0.4) is 0 Å². The molecule has 0 aromatic heterocycles. The van der Waals surface area contributed by atoms with Gasteiger partial charge in [-0.2, -0.15) is 5.26 Å². The number of aryl methyl sites for hydroxylation is 2. The van der Waals surface area contributed by atoms with Crippen molar-refractivity contribution in [2.45, 2.75) is 18.7 Å². The molecular formula is C15H13BrN2O2S. The van der Waals surface area contributed by atoms with Gasteiger partial charge in [0.1, 0.15) is 0 Å². The molecule has 0 unspecified atom stereocenters. The lowest BCUT2D eigenvalue weighted by molar-refractivity contribution is 0.601. The fraction of sp³-hybridized carbons (Fsp3) is 0.133. The summed E-state index contributed by atoms with van der Waals surface area (Å²) in [5.74, 6) is 0. The third-order valence-corrected chi connectivity index (χ3v) is 4.85. The molecule has 0 bridgehead atoms. The van der Waals surface area contributed by atoms with Crippen LogP contribution in [0.15, 0.2) is 45.8 Å². The molecule has 0 aliphatic heterocycles. The van der Waals surface area contributed by atoms with E-state index in [0.29, 0.717) is 11.3 Å². The first-order chi connectivity index (χ1) is 9.83. The highest BCUT2D eigenvalue weighted by Crippen LogP contribution is 2.27. The van der Waals surface area contributed by atoms with Crippen LogP contribution in [-0.4, -0.2) is 8.42 Å². The summed E-state index contributed by atoms with van der Waals surface area (Å²) >= 11 is 3.38. The number of sulfonamides is 1. The van der Waals surface area contributed by atoms with E-state index in [9.17, 15) is 8.42 Å². The van der Waals surface area contributed by atoms with Crippen molar-refractivity contribution in [3.05, 3.63) is 57.6 Å². The Balaban J connectivity index is 2.40. The van der Waals surface area contributed by atoms with Crippen LogP contribution < -0.4 is 4.72 Å². The molecule has 0 atom stereocenters. The largest absolute Gasteiger partial charge is 0.279 e. The minimum Gasteiger partial charge on any atom is -0.279 e. The quantitative estimate of drug-likeness (QED) is 0.901. The van der Waals surface area contributed by atoms with E-state index in [-0.39, 0.29) is 4.90 Å². The van der Waals surface area contributed by atoms with Crippen LogP contribution in [0.1, 0.15) is 16.7 Å². The fourth-order valence-corrected chi connectivity index (χ4v) is 3.86. The molecule has 6 heteroatoms. The van der Waals surface area contributed by atoms with E-state index < -0.39 is 10.0 Å². The Hall–Kier alpha value is -1.84. The maximum Gasteiger partial charge on any atom is 0.261 e. The summed E-state index contributed by atoms with van der Waals surface area (Å²) in [7, 11) is -3.67. The third-order valence-electron chi connectivity index (χ3n) is 3.03. The number of rotatable bonds is 3. The summed E-state index contributed by atoms with van der Waals surface area (Å²) in [5, 5.41) is 8.75. The normalized spacial score (nSPS) is 11.0. The van der Waals surface area contributed by atoms with Gasteiger partial charge in [-0.1, -0.05) is 15.9 Å². The van der Waals surface area contributed by atoms with Gasteiger partial charge in [-0.3, -0.25) is 4.72 Å². The minimum atomic E-state index is -3.67.